The fourth-order valence-corrected chi connectivity index (χ4v) is 7.43. The largest absolute Gasteiger partial charge is 0.497 e. The molecule has 1 aromatic carbocycles. The molecule has 5 rings (SSSR count). The number of pyridine rings is 1. The first-order valence-electron chi connectivity index (χ1n) is 18.1. The van der Waals surface area contributed by atoms with Crippen LogP contribution >= 0.6 is 0 Å². The molecular weight excluding hydrogens is 706 g/mol. The number of ether oxygens (including phenoxy) is 3. The Balaban J connectivity index is 1.37. The van der Waals surface area contributed by atoms with E-state index in [2.05, 4.69) is 22.5 Å². The van der Waals surface area contributed by atoms with E-state index >= 15 is 0 Å². The topological polar surface area (TPSA) is 192 Å². The van der Waals surface area contributed by atoms with Gasteiger partial charge in [0.15, 0.2) is 0 Å². The van der Waals surface area contributed by atoms with Gasteiger partial charge in [-0.25, -0.2) is 18.7 Å². The number of carbonyl (C=O) groups excluding carboxylic acids is 4. The minimum absolute atomic E-state index is 0.0211. The average molecular weight is 758 g/mol. The number of fused-ring (bicyclic) bond motifs is 1. The van der Waals surface area contributed by atoms with Gasteiger partial charge in [-0.05, 0) is 89.5 Å². The molecule has 2 aromatic rings. The van der Waals surface area contributed by atoms with Crippen molar-refractivity contribution in [3.05, 3.63) is 42.6 Å². The molecule has 0 bridgehead atoms. The maximum atomic E-state index is 14.2. The molecule has 2 aliphatic carbocycles. The Morgan fingerprint density at radius 1 is 1.11 bits per heavy atom. The van der Waals surface area contributed by atoms with Crippen molar-refractivity contribution in [1.82, 2.24) is 25.2 Å². The molecule has 2 heterocycles. The van der Waals surface area contributed by atoms with Crippen molar-refractivity contribution in [3.63, 3.8) is 0 Å². The number of amides is 4. The quantitative estimate of drug-likeness (QED) is 0.165. The van der Waals surface area contributed by atoms with Crippen molar-refractivity contribution in [2.24, 2.45) is 5.92 Å². The Morgan fingerprint density at radius 2 is 1.87 bits per heavy atom. The van der Waals surface area contributed by atoms with Crippen LogP contribution in [0.3, 0.4) is 0 Å². The third-order valence-electron chi connectivity index (χ3n) is 9.47. The first kappa shape index (κ1) is 39.8. The van der Waals surface area contributed by atoms with E-state index < -0.39 is 75.5 Å². The molecule has 0 radical (unpaired) electrons. The summed E-state index contributed by atoms with van der Waals surface area (Å²) in [5, 5.41) is 6.75. The second-order valence-electron chi connectivity index (χ2n) is 15.2. The fourth-order valence-electron chi connectivity index (χ4n) is 6.28. The van der Waals surface area contributed by atoms with Gasteiger partial charge in [-0.1, -0.05) is 31.9 Å². The van der Waals surface area contributed by atoms with Gasteiger partial charge in [-0.2, -0.15) is 8.42 Å². The van der Waals surface area contributed by atoms with Gasteiger partial charge in [0.25, 0.3) is 5.91 Å². The standard InChI is InChI=1S/C37H51N5O10S/c1-7-8-9-10-11-12-25-21-37(25,33(45)41-53(47,48)52-36(5)16-17-36)40-31(44)29-20-27(23-42(29)30(43)22-39-34(46)51-35(2,3)4)50-32-28-14-13-26(49-6)19-24(28)15-18-38-32/h11-15,18-19,25,27,29H,7-10,16-17,20-23H2,1-6H3,(H,39,46)(H,40,44)(H,41,45)/b12-11-/t25-,27?,29+,37-/m1/s1. The van der Waals surface area contributed by atoms with E-state index in [0.717, 1.165) is 31.1 Å². The third kappa shape index (κ3) is 10.4. The van der Waals surface area contributed by atoms with Gasteiger partial charge in [0, 0.05) is 23.9 Å². The molecule has 1 saturated heterocycles. The lowest BCUT2D eigenvalue weighted by Crippen LogP contribution is -2.57. The second kappa shape index (κ2) is 15.9. The van der Waals surface area contributed by atoms with Crippen LogP contribution in [0, 0.1) is 5.92 Å². The van der Waals surface area contributed by atoms with Crippen LogP contribution in [0.15, 0.2) is 42.6 Å². The lowest BCUT2D eigenvalue weighted by atomic mass is 10.1. The van der Waals surface area contributed by atoms with Gasteiger partial charge < -0.3 is 29.7 Å². The Hall–Kier alpha value is -4.44. The Labute approximate surface area is 310 Å². The highest BCUT2D eigenvalue weighted by Crippen LogP contribution is 2.46. The molecule has 3 aliphatic rings. The second-order valence-corrected chi connectivity index (χ2v) is 16.5. The van der Waals surface area contributed by atoms with E-state index in [1.807, 2.05) is 22.9 Å². The molecule has 0 spiro atoms. The number of likely N-dealkylation sites (tertiary alicyclic amines) is 1. The zero-order valence-corrected chi connectivity index (χ0v) is 32.0. The number of hydrogen-bond donors (Lipinski definition) is 3. The molecule has 290 valence electrons. The number of nitrogens with one attached hydrogen (secondary N) is 3. The number of rotatable bonds is 16. The molecule has 53 heavy (non-hydrogen) atoms. The summed E-state index contributed by atoms with van der Waals surface area (Å²) in [6.45, 7) is 8.29. The van der Waals surface area contributed by atoms with Crippen LogP contribution in [0.25, 0.3) is 10.8 Å². The first-order chi connectivity index (χ1) is 25.0. The van der Waals surface area contributed by atoms with Crippen LogP contribution in [0.2, 0.25) is 0 Å². The molecule has 2 saturated carbocycles. The van der Waals surface area contributed by atoms with Crippen molar-refractivity contribution in [3.8, 4) is 11.6 Å². The number of nitrogens with zero attached hydrogens (tertiary/aromatic N) is 2. The number of carbonyl (C=O) groups is 4. The van der Waals surface area contributed by atoms with Crippen LogP contribution in [0.5, 0.6) is 11.6 Å². The molecule has 4 atom stereocenters. The Kier molecular flexibility index (Phi) is 11.9. The SMILES string of the molecule is CCCCC/C=C\[C@@H]1C[C@]1(NC(=O)[C@@H]1CC(Oc2nccc3cc(OC)ccc23)CN1C(=O)CNC(=O)OC(C)(C)C)C(=O)NS(=O)(=O)OC1(C)CC1. The fraction of sp³-hybridized carbons (Fsp3) is 0.595. The smallest absolute Gasteiger partial charge is 0.408 e. The molecule has 15 nitrogen and oxygen atoms in total. The first-order valence-corrected chi connectivity index (χ1v) is 19.5. The number of unbranched alkanes of at least 4 members (excludes halogenated alkanes) is 3. The van der Waals surface area contributed by atoms with E-state index in [0.29, 0.717) is 24.0 Å². The van der Waals surface area contributed by atoms with Crippen molar-refractivity contribution < 1.29 is 46.0 Å². The monoisotopic (exact) mass is 757 g/mol. The van der Waals surface area contributed by atoms with E-state index in [1.165, 1.54) is 4.90 Å². The van der Waals surface area contributed by atoms with E-state index in [1.54, 1.807) is 59.2 Å². The number of hydrogen-bond acceptors (Lipinski definition) is 11. The van der Waals surface area contributed by atoms with Gasteiger partial charge in [-0.15, -0.1) is 0 Å². The summed E-state index contributed by atoms with van der Waals surface area (Å²) < 4.78 is 49.8. The van der Waals surface area contributed by atoms with Crippen LogP contribution in [-0.4, -0.2) is 91.2 Å². The summed E-state index contributed by atoms with van der Waals surface area (Å²) in [4.78, 5) is 59.7. The zero-order chi connectivity index (χ0) is 38.6. The van der Waals surface area contributed by atoms with Gasteiger partial charge in [0.1, 0.15) is 35.6 Å². The number of alkyl carbamates (subject to hydrolysis) is 1. The lowest BCUT2D eigenvalue weighted by molar-refractivity contribution is -0.139. The number of benzene rings is 1. The highest BCUT2D eigenvalue weighted by molar-refractivity contribution is 7.85. The Bertz CT molecular complexity index is 1840. The summed E-state index contributed by atoms with van der Waals surface area (Å²) in [5.41, 5.74) is -3.27. The number of aromatic nitrogens is 1. The van der Waals surface area contributed by atoms with Gasteiger partial charge in [0.05, 0.1) is 19.3 Å². The third-order valence-corrected chi connectivity index (χ3v) is 10.5. The molecule has 3 fully saturated rings. The van der Waals surface area contributed by atoms with Crippen LogP contribution in [-0.2, 0) is 33.6 Å². The van der Waals surface area contributed by atoms with Gasteiger partial charge in [-0.3, -0.25) is 14.4 Å². The van der Waals surface area contributed by atoms with Gasteiger partial charge >= 0.3 is 16.4 Å². The van der Waals surface area contributed by atoms with Crippen LogP contribution in [0.4, 0.5) is 4.79 Å². The number of allylic oxidation sites excluding steroid dienone is 1. The van der Waals surface area contributed by atoms with Gasteiger partial charge in [0.2, 0.25) is 17.7 Å². The maximum absolute atomic E-state index is 14.2. The van der Waals surface area contributed by atoms with E-state index in [4.69, 9.17) is 18.4 Å². The molecular formula is C37H51N5O10S. The molecule has 1 aromatic heterocycles. The van der Waals surface area contributed by atoms with E-state index in [9.17, 15) is 27.6 Å². The van der Waals surface area contributed by atoms with Crippen molar-refractivity contribution in [1.29, 1.82) is 0 Å². The predicted octanol–water partition coefficient (Wildman–Crippen LogP) is 4.06. The summed E-state index contributed by atoms with van der Waals surface area (Å²) in [6, 6.07) is 6.07. The summed E-state index contributed by atoms with van der Waals surface area (Å²) >= 11 is 0. The zero-order valence-electron chi connectivity index (χ0n) is 31.2. The normalized spacial score (nSPS) is 23.4. The van der Waals surface area contributed by atoms with Crippen molar-refractivity contribution in [2.45, 2.75) is 115 Å². The van der Waals surface area contributed by atoms with Crippen LogP contribution in [0.1, 0.15) is 86.0 Å². The maximum Gasteiger partial charge on any atom is 0.408 e. The van der Waals surface area contributed by atoms with Crippen LogP contribution < -0.4 is 24.8 Å². The summed E-state index contributed by atoms with van der Waals surface area (Å²) in [7, 11) is -2.91. The molecule has 16 heteroatoms. The minimum Gasteiger partial charge on any atom is -0.497 e. The molecule has 3 N–H and O–H groups in total. The average Bonchev–Trinajstić information content (AvgIpc) is 3.94. The summed E-state index contributed by atoms with van der Waals surface area (Å²) in [6.07, 6.45) is 8.84. The highest BCUT2D eigenvalue weighted by Gasteiger charge is 2.62. The Morgan fingerprint density at radius 3 is 2.55 bits per heavy atom. The van der Waals surface area contributed by atoms with E-state index in [-0.39, 0.29) is 25.3 Å². The van der Waals surface area contributed by atoms with Crippen molar-refractivity contribution >= 4 is 44.9 Å². The predicted molar refractivity (Wildman–Crippen MR) is 195 cm³/mol. The number of methoxy groups -OCH3 is 1. The molecule has 1 unspecified atom stereocenters. The molecule has 4 amide bonds. The van der Waals surface area contributed by atoms with Crippen molar-refractivity contribution in [2.75, 3.05) is 20.2 Å². The highest BCUT2D eigenvalue weighted by atomic mass is 32.2. The summed E-state index contributed by atoms with van der Waals surface area (Å²) in [5.74, 6) is -1.76. The minimum atomic E-state index is -4.47. The molecule has 1 aliphatic heterocycles. The lowest BCUT2D eigenvalue weighted by Gasteiger charge is -2.27.